The van der Waals surface area contributed by atoms with Gasteiger partial charge in [-0.2, -0.15) is 8.42 Å². The van der Waals surface area contributed by atoms with Crippen LogP contribution < -0.4 is 29.6 Å². The minimum Gasteiger partial charge on any atom is -0.744 e. The molecule has 0 aliphatic rings. The summed E-state index contributed by atoms with van der Waals surface area (Å²) >= 11 is 0. The molecule has 0 aromatic heterocycles. The van der Waals surface area contributed by atoms with E-state index >= 15 is 0 Å². The Morgan fingerprint density at radius 3 is 2.17 bits per heavy atom. The normalized spacial score (nSPS) is 12.2. The van der Waals surface area contributed by atoms with Gasteiger partial charge < -0.3 is 4.55 Å². The second-order valence-electron chi connectivity index (χ2n) is 3.75. The van der Waals surface area contributed by atoms with Gasteiger partial charge in [0.1, 0.15) is 10.1 Å². The first-order valence-electron chi connectivity index (χ1n) is 5.16. The third kappa shape index (κ3) is 6.79. The summed E-state index contributed by atoms with van der Waals surface area (Å²) in [5, 5.41) is 8.56. The van der Waals surface area contributed by atoms with Crippen molar-refractivity contribution in [2.24, 2.45) is 0 Å². The number of diazo groups is 1. The third-order valence-corrected chi connectivity index (χ3v) is 5.26. The van der Waals surface area contributed by atoms with E-state index in [1.807, 2.05) is 0 Å². The molecule has 23 heavy (non-hydrogen) atoms. The number of hydrogen-bond donors (Lipinski definition) is 1. The van der Waals surface area contributed by atoms with Crippen LogP contribution >= 0.6 is 0 Å². The Balaban J connectivity index is 0.00000484. The minimum absolute atomic E-state index is 0. The van der Waals surface area contributed by atoms with Crippen molar-refractivity contribution in [2.75, 3.05) is 12.4 Å². The molecule has 0 aliphatic heterocycles. The van der Waals surface area contributed by atoms with Crippen molar-refractivity contribution in [3.63, 3.8) is 0 Å². The monoisotopic (exact) mass is 395 g/mol. The molecular weight excluding hydrogens is 387 g/mol. The molecule has 0 unspecified atom stereocenters. The average Bonchev–Trinajstić information content (AvgIpc) is 2.35. The molecule has 0 saturated carbocycles. The zero-order valence-corrected chi connectivity index (χ0v) is 15.9. The van der Waals surface area contributed by atoms with Crippen LogP contribution in [0.5, 0.6) is 0 Å². The predicted octanol–water partition coefficient (Wildman–Crippen LogP) is -3.33. The maximum absolute atomic E-state index is 11.9. The molecule has 1 N–H and O–H groups in total. The average molecular weight is 395 g/mol. The third-order valence-electron chi connectivity index (χ3n) is 2.25. The van der Waals surface area contributed by atoms with Crippen LogP contribution in [0.15, 0.2) is 28.0 Å². The van der Waals surface area contributed by atoms with Gasteiger partial charge in [0.05, 0.1) is 17.3 Å². The van der Waals surface area contributed by atoms with E-state index in [0.29, 0.717) is 6.07 Å². The Morgan fingerprint density at radius 2 is 1.74 bits per heavy atom. The van der Waals surface area contributed by atoms with Gasteiger partial charge in [0.2, 0.25) is 5.39 Å². The van der Waals surface area contributed by atoms with Crippen LogP contribution in [0.1, 0.15) is 0 Å². The first-order chi connectivity index (χ1) is 9.87. The van der Waals surface area contributed by atoms with E-state index in [4.69, 9.17) is 9.95 Å². The molecule has 1 aromatic carbocycles. The maximum Gasteiger partial charge on any atom is 1.00 e. The molecule has 11 nitrogen and oxygen atoms in total. The standard InChI is InChI=1S/C8H8N2O9S3.Na/c9-10-7-2-1-6(5-8(7)21(13,14)15)20(11,12)4-3-19-22(16,17)18;/h1-2,5H,3-4H2,(H-,13,14,15,16,17,18);/q;+1. The van der Waals surface area contributed by atoms with Gasteiger partial charge in [-0.05, 0) is 12.1 Å². The van der Waals surface area contributed by atoms with Crippen molar-refractivity contribution in [1.82, 2.24) is 0 Å². The Labute approximate surface area is 154 Å². The van der Waals surface area contributed by atoms with E-state index in [0.717, 1.165) is 12.1 Å². The predicted molar refractivity (Wildman–Crippen MR) is 68.7 cm³/mol. The second kappa shape index (κ2) is 7.96. The molecule has 0 amide bonds. The smallest absolute Gasteiger partial charge is 0.744 e. The molecule has 1 aromatic rings. The largest absolute Gasteiger partial charge is 1.00 e. The summed E-state index contributed by atoms with van der Waals surface area (Å²) in [6.07, 6.45) is 0. The summed E-state index contributed by atoms with van der Waals surface area (Å²) < 4.78 is 89.4. The summed E-state index contributed by atoms with van der Waals surface area (Å²) in [4.78, 5) is 0.849. The topological polar surface area (TPSA) is 183 Å². The van der Waals surface area contributed by atoms with Gasteiger partial charge >= 0.3 is 45.6 Å². The maximum atomic E-state index is 11.9. The van der Waals surface area contributed by atoms with Crippen molar-refractivity contribution >= 4 is 36.0 Å². The van der Waals surface area contributed by atoms with Gasteiger partial charge in [0.15, 0.2) is 19.7 Å². The van der Waals surface area contributed by atoms with E-state index in [-0.39, 0.29) is 29.6 Å². The summed E-state index contributed by atoms with van der Waals surface area (Å²) in [6.45, 7) is -0.924. The minimum atomic E-state index is -5.11. The fourth-order valence-electron chi connectivity index (χ4n) is 1.34. The summed E-state index contributed by atoms with van der Waals surface area (Å²) in [5.74, 6) is -0.916. The van der Waals surface area contributed by atoms with E-state index < -0.39 is 58.2 Å². The van der Waals surface area contributed by atoms with Gasteiger partial charge in [0.25, 0.3) is 0 Å². The quantitative estimate of drug-likeness (QED) is 0.290. The number of benzene rings is 1. The number of hydrogen-bond acceptors (Lipinski definition) is 9. The fraction of sp³-hybridized carbons (Fsp3) is 0.250. The first-order valence-corrected chi connectivity index (χ1v) is 9.59. The molecule has 15 heteroatoms. The Hall–Kier alpha value is -0.630. The van der Waals surface area contributed by atoms with Crippen molar-refractivity contribution < 1.29 is 68.1 Å². The fourth-order valence-corrected chi connectivity index (χ4v) is 3.56. The molecule has 0 bridgehead atoms. The zero-order valence-electron chi connectivity index (χ0n) is 11.5. The number of rotatable bonds is 6. The van der Waals surface area contributed by atoms with Crippen LogP contribution in [-0.2, 0) is 34.5 Å². The van der Waals surface area contributed by atoms with Crippen LogP contribution in [0.2, 0.25) is 0 Å². The molecule has 0 spiro atoms. The van der Waals surface area contributed by atoms with Crippen molar-refractivity contribution in [3.8, 4) is 0 Å². The van der Waals surface area contributed by atoms with Crippen LogP contribution in [0.3, 0.4) is 0 Å². The summed E-state index contributed by atoms with van der Waals surface area (Å²) in [5.41, 5.74) is -0.650. The molecular formula is C8H8N2NaO9S3+. The molecule has 0 saturated heterocycles. The Morgan fingerprint density at radius 1 is 1.17 bits per heavy atom. The molecule has 1 rings (SSSR count). The summed E-state index contributed by atoms with van der Waals surface area (Å²) in [7, 11) is -14.2. The number of nitrogens with zero attached hydrogens (tertiary/aromatic N) is 2. The molecule has 0 fully saturated rings. The molecule has 0 radical (unpaired) electrons. The van der Waals surface area contributed by atoms with Crippen molar-refractivity contribution in [2.45, 2.75) is 9.79 Å². The van der Waals surface area contributed by atoms with Gasteiger partial charge in [-0.3, -0.25) is 4.55 Å². The Bertz CT molecular complexity index is 931. The van der Waals surface area contributed by atoms with Crippen LogP contribution in [0.25, 0.3) is 4.98 Å². The molecule has 0 aliphatic carbocycles. The van der Waals surface area contributed by atoms with E-state index in [1.165, 1.54) is 0 Å². The molecule has 0 heterocycles. The van der Waals surface area contributed by atoms with Gasteiger partial charge in [0, 0.05) is 6.07 Å². The van der Waals surface area contributed by atoms with Gasteiger partial charge in [-0.25, -0.2) is 21.0 Å². The molecule has 122 valence electrons. The Kier molecular flexibility index (Phi) is 7.74. The SMILES string of the molecule is N#[N+]c1ccc(S(=O)(=O)CCOS(=O)(=O)O)cc1S(=O)(=O)[O-].[Na+]. The second-order valence-corrected chi connectivity index (χ2v) is 8.30. The van der Waals surface area contributed by atoms with Crippen LogP contribution in [-0.4, -0.2) is 46.7 Å². The van der Waals surface area contributed by atoms with Gasteiger partial charge in [-0.15, -0.1) is 0 Å². The number of sulfone groups is 1. The van der Waals surface area contributed by atoms with Crippen molar-refractivity contribution in [3.05, 3.63) is 23.2 Å². The van der Waals surface area contributed by atoms with Crippen molar-refractivity contribution in [1.29, 1.82) is 5.39 Å². The zero-order chi connectivity index (χ0) is 17.2. The van der Waals surface area contributed by atoms with E-state index in [2.05, 4.69) is 9.16 Å². The molecule has 0 atom stereocenters. The van der Waals surface area contributed by atoms with Crippen LogP contribution in [0, 0.1) is 5.39 Å². The van der Waals surface area contributed by atoms with Crippen LogP contribution in [0.4, 0.5) is 5.69 Å². The van der Waals surface area contributed by atoms with E-state index in [9.17, 15) is 29.8 Å². The first kappa shape index (κ1) is 22.4. The van der Waals surface area contributed by atoms with Gasteiger partial charge in [-0.1, -0.05) is 0 Å². The summed E-state index contributed by atoms with van der Waals surface area (Å²) in [6, 6.07) is 2.11. The van der Waals surface area contributed by atoms with E-state index in [1.54, 1.807) is 0 Å².